The molecule has 16 heteroatoms. The SMILES string of the molecule is CN(C)[C@H]1CN(c2cc(C(F)(F)F)ccn2)CC[C@@H]1Nc1ccc(S(=O)(=O)N(OC=O)c2ccncn2)c(F)c1. The molecule has 0 amide bonds. The fourth-order valence-electron chi connectivity index (χ4n) is 4.37. The van der Waals surface area contributed by atoms with Gasteiger partial charge in [-0.15, -0.1) is 0 Å². The van der Waals surface area contributed by atoms with Crippen LogP contribution in [-0.4, -0.2) is 74.0 Å². The highest BCUT2D eigenvalue weighted by Crippen LogP contribution is 2.32. The Morgan fingerprint density at radius 3 is 2.52 bits per heavy atom. The first kappa shape index (κ1) is 28.9. The smallest absolute Gasteiger partial charge is 0.381 e. The van der Waals surface area contributed by atoms with E-state index in [0.717, 1.165) is 42.9 Å². The largest absolute Gasteiger partial charge is 0.416 e. The number of carbonyl (C=O) groups is 1. The molecular formula is C24H25F4N7O4S. The van der Waals surface area contributed by atoms with E-state index in [1.165, 1.54) is 12.3 Å². The number of sulfonamides is 1. The zero-order chi connectivity index (χ0) is 29.1. The maximum absolute atomic E-state index is 15.1. The molecule has 0 unspecified atom stereocenters. The summed E-state index contributed by atoms with van der Waals surface area (Å²) in [5.74, 6) is -1.21. The summed E-state index contributed by atoms with van der Waals surface area (Å²) in [5, 5.41) is 3.20. The van der Waals surface area contributed by atoms with Crippen LogP contribution in [0.5, 0.6) is 0 Å². The monoisotopic (exact) mass is 583 g/mol. The van der Waals surface area contributed by atoms with Crippen LogP contribution < -0.4 is 14.7 Å². The average Bonchev–Trinajstić information content (AvgIpc) is 2.91. The molecule has 2 aromatic heterocycles. The van der Waals surface area contributed by atoms with Crippen molar-refractivity contribution in [1.29, 1.82) is 0 Å². The van der Waals surface area contributed by atoms with Crippen molar-refractivity contribution >= 4 is 33.8 Å². The van der Waals surface area contributed by atoms with Gasteiger partial charge >= 0.3 is 12.6 Å². The second-order valence-corrected chi connectivity index (χ2v) is 10.8. The summed E-state index contributed by atoms with van der Waals surface area (Å²) in [6.07, 6.45) is -0.648. The van der Waals surface area contributed by atoms with Gasteiger partial charge in [0.25, 0.3) is 10.0 Å². The summed E-state index contributed by atoms with van der Waals surface area (Å²) < 4.78 is 81.0. The number of nitrogens with zero attached hydrogens (tertiary/aromatic N) is 6. The number of alkyl halides is 3. The number of halogens is 4. The lowest BCUT2D eigenvalue weighted by atomic mass is 9.97. The molecule has 1 aliphatic rings. The van der Waals surface area contributed by atoms with Crippen LogP contribution in [0.2, 0.25) is 0 Å². The molecule has 2 atom stereocenters. The van der Waals surface area contributed by atoms with Crippen LogP contribution in [0.1, 0.15) is 12.0 Å². The lowest BCUT2D eigenvalue weighted by Gasteiger charge is -2.43. The van der Waals surface area contributed by atoms with Crippen LogP contribution in [0.3, 0.4) is 0 Å². The molecule has 4 rings (SSSR count). The van der Waals surface area contributed by atoms with E-state index in [-0.39, 0.29) is 40.3 Å². The predicted octanol–water partition coefficient (Wildman–Crippen LogP) is 2.93. The Balaban J connectivity index is 1.53. The van der Waals surface area contributed by atoms with Gasteiger partial charge in [0, 0.05) is 49.3 Å². The first-order valence-corrected chi connectivity index (χ1v) is 13.3. The van der Waals surface area contributed by atoms with Crippen molar-refractivity contribution in [3.63, 3.8) is 0 Å². The Morgan fingerprint density at radius 1 is 1.12 bits per heavy atom. The summed E-state index contributed by atoms with van der Waals surface area (Å²) in [6, 6.07) is 6.01. The molecule has 40 heavy (non-hydrogen) atoms. The van der Waals surface area contributed by atoms with E-state index in [0.29, 0.717) is 19.5 Å². The molecule has 3 heterocycles. The molecule has 0 saturated carbocycles. The number of carbonyl (C=O) groups excluding carboxylic acids is 1. The molecular weight excluding hydrogens is 558 g/mol. The van der Waals surface area contributed by atoms with Crippen LogP contribution in [0, 0.1) is 5.82 Å². The van der Waals surface area contributed by atoms with Crippen molar-refractivity contribution in [2.75, 3.05) is 41.9 Å². The number of rotatable bonds is 9. The minimum absolute atomic E-state index is 0.129. The van der Waals surface area contributed by atoms with E-state index in [4.69, 9.17) is 0 Å². The fourth-order valence-corrected chi connectivity index (χ4v) is 5.59. The van der Waals surface area contributed by atoms with E-state index in [2.05, 4.69) is 25.1 Å². The number of benzene rings is 1. The Morgan fingerprint density at radius 2 is 1.90 bits per heavy atom. The lowest BCUT2D eigenvalue weighted by molar-refractivity contribution is -0.137. The molecule has 1 aromatic carbocycles. The number of anilines is 3. The Hall–Kier alpha value is -4.05. The molecule has 3 aromatic rings. The van der Waals surface area contributed by atoms with E-state index in [1.54, 1.807) is 4.90 Å². The Kier molecular flexibility index (Phi) is 8.39. The third kappa shape index (κ3) is 6.22. The molecule has 1 fully saturated rings. The molecule has 0 aliphatic carbocycles. The van der Waals surface area contributed by atoms with Gasteiger partial charge in [-0.2, -0.15) is 21.6 Å². The highest BCUT2D eigenvalue weighted by atomic mass is 32.2. The van der Waals surface area contributed by atoms with Crippen LogP contribution in [-0.2, 0) is 25.8 Å². The number of hydrogen-bond donors (Lipinski definition) is 1. The quantitative estimate of drug-likeness (QED) is 0.229. The van der Waals surface area contributed by atoms with Crippen LogP contribution in [0.15, 0.2) is 60.0 Å². The maximum Gasteiger partial charge on any atom is 0.416 e. The molecule has 0 bridgehead atoms. The maximum atomic E-state index is 15.1. The minimum Gasteiger partial charge on any atom is -0.381 e. The van der Waals surface area contributed by atoms with E-state index >= 15 is 4.39 Å². The number of piperidine rings is 1. The van der Waals surface area contributed by atoms with Gasteiger partial charge in [0.15, 0.2) is 5.82 Å². The summed E-state index contributed by atoms with van der Waals surface area (Å²) >= 11 is 0. The van der Waals surface area contributed by atoms with Crippen molar-refractivity contribution in [3.05, 3.63) is 66.5 Å². The van der Waals surface area contributed by atoms with E-state index < -0.39 is 32.5 Å². The van der Waals surface area contributed by atoms with Crippen LogP contribution >= 0.6 is 0 Å². The van der Waals surface area contributed by atoms with Gasteiger partial charge in [0.2, 0.25) is 0 Å². The molecule has 1 aliphatic heterocycles. The average molecular weight is 584 g/mol. The number of hydrogen-bond acceptors (Lipinski definition) is 10. The number of nitrogens with one attached hydrogen (secondary N) is 1. The fraction of sp³-hybridized carbons (Fsp3) is 0.333. The third-order valence-electron chi connectivity index (χ3n) is 6.31. The first-order valence-electron chi connectivity index (χ1n) is 11.8. The van der Waals surface area contributed by atoms with E-state index in [1.807, 2.05) is 19.0 Å². The van der Waals surface area contributed by atoms with Crippen LogP contribution in [0.4, 0.5) is 34.9 Å². The topological polar surface area (TPSA) is 121 Å². The van der Waals surface area contributed by atoms with Crippen molar-refractivity contribution in [3.8, 4) is 0 Å². The summed E-state index contributed by atoms with van der Waals surface area (Å²) in [4.78, 5) is 29.9. The Bertz CT molecular complexity index is 1440. The summed E-state index contributed by atoms with van der Waals surface area (Å²) in [5.41, 5.74) is -0.509. The van der Waals surface area contributed by atoms with Gasteiger partial charge < -0.3 is 20.0 Å². The van der Waals surface area contributed by atoms with Crippen molar-refractivity contribution in [2.24, 2.45) is 0 Å². The molecule has 0 radical (unpaired) electrons. The molecule has 1 N–H and O–H groups in total. The second-order valence-electron chi connectivity index (χ2n) is 9.06. The summed E-state index contributed by atoms with van der Waals surface area (Å²) in [6.45, 7) is 0.586. The van der Waals surface area contributed by atoms with Gasteiger partial charge in [-0.05, 0) is 50.8 Å². The predicted molar refractivity (Wildman–Crippen MR) is 136 cm³/mol. The molecule has 214 valence electrons. The second kappa shape index (κ2) is 11.6. The zero-order valence-electron chi connectivity index (χ0n) is 21.3. The van der Waals surface area contributed by atoms with E-state index in [9.17, 15) is 26.4 Å². The highest BCUT2D eigenvalue weighted by Gasteiger charge is 2.35. The Labute approximate surface area is 227 Å². The van der Waals surface area contributed by atoms with Gasteiger partial charge in [0.1, 0.15) is 22.9 Å². The van der Waals surface area contributed by atoms with Crippen molar-refractivity contribution in [1.82, 2.24) is 19.9 Å². The highest BCUT2D eigenvalue weighted by molar-refractivity contribution is 7.92. The standard InChI is InChI=1S/C24H25F4N7O4S/c1-33(2)20-13-34(23-11-16(5-9-30-23)24(26,27)28)10-7-19(20)32-17-3-4-21(18(25)12-17)40(37,38)35(39-15-36)22-6-8-29-14-31-22/h3-6,8-9,11-12,14-15,19-20,32H,7,10,13H2,1-2H3/t19-,20-/m0/s1. The van der Waals surface area contributed by atoms with Gasteiger partial charge in [0.05, 0.1) is 5.56 Å². The first-order chi connectivity index (χ1) is 18.9. The van der Waals surface area contributed by atoms with Crippen molar-refractivity contribution in [2.45, 2.75) is 29.6 Å². The lowest BCUT2D eigenvalue weighted by Crippen LogP contribution is -2.56. The molecule has 1 saturated heterocycles. The van der Waals surface area contributed by atoms with Crippen LogP contribution in [0.25, 0.3) is 0 Å². The number of likely N-dealkylation sites (N-methyl/N-ethyl adjacent to an activating group) is 1. The van der Waals surface area contributed by atoms with Gasteiger partial charge in [-0.3, -0.25) is 4.79 Å². The van der Waals surface area contributed by atoms with Gasteiger partial charge in [-0.1, -0.05) is 4.47 Å². The minimum atomic E-state index is -4.69. The molecule has 11 nitrogen and oxygen atoms in total. The molecule has 0 spiro atoms. The normalized spacial score (nSPS) is 17.9. The van der Waals surface area contributed by atoms with Crippen molar-refractivity contribution < 1.29 is 35.6 Å². The number of pyridine rings is 1. The zero-order valence-corrected chi connectivity index (χ0v) is 22.1. The third-order valence-corrected chi connectivity index (χ3v) is 7.91. The van der Waals surface area contributed by atoms with Gasteiger partial charge in [-0.25, -0.2) is 19.3 Å². The number of aromatic nitrogens is 3. The summed E-state index contributed by atoms with van der Waals surface area (Å²) in [7, 11) is -1.06.